The molecule has 0 fully saturated rings. The molecular formula is C18H19ClN6O. The van der Waals surface area contributed by atoms with Gasteiger partial charge in [-0.15, -0.1) is 5.10 Å². The molecule has 2 aromatic carbocycles. The van der Waals surface area contributed by atoms with Crippen LogP contribution in [0, 0.1) is 0 Å². The lowest BCUT2D eigenvalue weighted by atomic mass is 10.2. The van der Waals surface area contributed by atoms with Gasteiger partial charge >= 0.3 is 0 Å². The lowest BCUT2D eigenvalue weighted by Crippen LogP contribution is -2.33. The molecule has 0 aliphatic carbocycles. The Morgan fingerprint density at radius 1 is 1.23 bits per heavy atom. The van der Waals surface area contributed by atoms with E-state index in [0.717, 1.165) is 5.69 Å². The Hall–Kier alpha value is -2.77. The number of aromatic nitrogens is 4. The third kappa shape index (κ3) is 4.25. The highest BCUT2D eigenvalue weighted by Gasteiger charge is 2.21. The minimum atomic E-state index is -0.157. The van der Waals surface area contributed by atoms with Crippen molar-refractivity contribution in [1.29, 1.82) is 0 Å². The van der Waals surface area contributed by atoms with Gasteiger partial charge in [-0.2, -0.15) is 4.68 Å². The lowest BCUT2D eigenvalue weighted by molar-refractivity contribution is -0.117. The summed E-state index contributed by atoms with van der Waals surface area (Å²) >= 11 is 5.94. The Morgan fingerprint density at radius 2 is 2.00 bits per heavy atom. The fraction of sp³-hybridized carbons (Fsp3) is 0.222. The van der Waals surface area contributed by atoms with Gasteiger partial charge in [-0.3, -0.25) is 9.69 Å². The van der Waals surface area contributed by atoms with Crippen molar-refractivity contribution in [2.75, 3.05) is 18.9 Å². The summed E-state index contributed by atoms with van der Waals surface area (Å²) in [4.78, 5) is 14.2. The number of hydrogen-bond acceptors (Lipinski definition) is 5. The Kier molecular flexibility index (Phi) is 5.60. The summed E-state index contributed by atoms with van der Waals surface area (Å²) in [7, 11) is 1.85. The van der Waals surface area contributed by atoms with Crippen LogP contribution >= 0.6 is 11.6 Å². The Balaban J connectivity index is 1.68. The predicted octanol–water partition coefficient (Wildman–Crippen LogP) is 2.95. The molecule has 0 radical (unpaired) electrons. The average molecular weight is 371 g/mol. The van der Waals surface area contributed by atoms with Crippen LogP contribution in [-0.4, -0.2) is 44.6 Å². The predicted molar refractivity (Wildman–Crippen MR) is 100 cm³/mol. The number of anilines is 1. The van der Waals surface area contributed by atoms with Crippen molar-refractivity contribution in [3.8, 4) is 5.69 Å². The molecule has 1 heterocycles. The summed E-state index contributed by atoms with van der Waals surface area (Å²) in [5.41, 5.74) is 1.54. The number of tetrazole rings is 1. The van der Waals surface area contributed by atoms with Crippen molar-refractivity contribution in [3.63, 3.8) is 0 Å². The standard InChI is InChI=1S/C18H19ClN6O/c1-13(18-21-22-23-25(18)16-9-4-3-5-10-16)24(2)12-17(26)20-15-8-6-7-14(19)11-15/h3-11,13H,12H2,1-2H3,(H,20,26). The van der Waals surface area contributed by atoms with Gasteiger partial charge in [-0.25, -0.2) is 0 Å². The van der Waals surface area contributed by atoms with Crippen LogP contribution in [0.25, 0.3) is 5.69 Å². The smallest absolute Gasteiger partial charge is 0.238 e. The topological polar surface area (TPSA) is 75.9 Å². The molecule has 1 aromatic heterocycles. The van der Waals surface area contributed by atoms with Crippen molar-refractivity contribution in [3.05, 3.63) is 65.4 Å². The summed E-state index contributed by atoms with van der Waals surface area (Å²) in [5, 5.41) is 15.4. The van der Waals surface area contributed by atoms with E-state index in [9.17, 15) is 4.79 Å². The van der Waals surface area contributed by atoms with Crippen LogP contribution in [0.1, 0.15) is 18.8 Å². The van der Waals surface area contributed by atoms with E-state index in [4.69, 9.17) is 11.6 Å². The molecule has 3 rings (SSSR count). The first kappa shape index (κ1) is 18.0. The average Bonchev–Trinajstić information content (AvgIpc) is 3.11. The second kappa shape index (κ2) is 8.07. The molecule has 3 aromatic rings. The van der Waals surface area contributed by atoms with Crippen LogP contribution in [0.4, 0.5) is 5.69 Å². The van der Waals surface area contributed by atoms with Crippen LogP contribution in [0.3, 0.4) is 0 Å². The minimum Gasteiger partial charge on any atom is -0.325 e. The maximum atomic E-state index is 12.3. The molecule has 26 heavy (non-hydrogen) atoms. The van der Waals surface area contributed by atoms with Gasteiger partial charge in [0.25, 0.3) is 0 Å². The van der Waals surface area contributed by atoms with Crippen LogP contribution in [0.15, 0.2) is 54.6 Å². The van der Waals surface area contributed by atoms with Crippen molar-refractivity contribution in [2.24, 2.45) is 0 Å². The zero-order valence-corrected chi connectivity index (χ0v) is 15.3. The van der Waals surface area contributed by atoms with Crippen molar-refractivity contribution in [1.82, 2.24) is 25.1 Å². The van der Waals surface area contributed by atoms with Gasteiger partial charge in [0.15, 0.2) is 5.82 Å². The van der Waals surface area contributed by atoms with Gasteiger partial charge in [-0.1, -0.05) is 35.9 Å². The van der Waals surface area contributed by atoms with Crippen molar-refractivity contribution >= 4 is 23.2 Å². The zero-order valence-electron chi connectivity index (χ0n) is 14.5. The number of hydrogen-bond donors (Lipinski definition) is 1. The molecule has 1 amide bonds. The highest BCUT2D eigenvalue weighted by Crippen LogP contribution is 2.19. The number of carbonyl (C=O) groups excluding carboxylic acids is 1. The number of nitrogens with one attached hydrogen (secondary N) is 1. The Morgan fingerprint density at radius 3 is 2.73 bits per heavy atom. The maximum absolute atomic E-state index is 12.3. The summed E-state index contributed by atoms with van der Waals surface area (Å²) in [6.45, 7) is 2.15. The monoisotopic (exact) mass is 370 g/mol. The van der Waals surface area contributed by atoms with Gasteiger partial charge in [0.2, 0.25) is 5.91 Å². The fourth-order valence-corrected chi connectivity index (χ4v) is 2.73. The summed E-state index contributed by atoms with van der Waals surface area (Å²) in [6.07, 6.45) is 0. The van der Waals surface area contributed by atoms with E-state index < -0.39 is 0 Å². The maximum Gasteiger partial charge on any atom is 0.238 e. The minimum absolute atomic E-state index is 0.139. The normalized spacial score (nSPS) is 12.2. The molecule has 1 atom stereocenters. The largest absolute Gasteiger partial charge is 0.325 e. The molecular weight excluding hydrogens is 352 g/mol. The highest BCUT2D eigenvalue weighted by atomic mass is 35.5. The fourth-order valence-electron chi connectivity index (χ4n) is 2.53. The first-order valence-electron chi connectivity index (χ1n) is 8.14. The summed E-state index contributed by atoms with van der Waals surface area (Å²) < 4.78 is 1.68. The van der Waals surface area contributed by atoms with Crippen LogP contribution < -0.4 is 5.32 Å². The molecule has 0 aliphatic heterocycles. The molecule has 134 valence electrons. The molecule has 0 bridgehead atoms. The summed E-state index contributed by atoms with van der Waals surface area (Å²) in [5.74, 6) is 0.523. The number of para-hydroxylation sites is 1. The van der Waals surface area contributed by atoms with Crippen LogP contribution in [0.2, 0.25) is 5.02 Å². The van der Waals surface area contributed by atoms with Crippen molar-refractivity contribution < 1.29 is 4.79 Å². The quantitative estimate of drug-likeness (QED) is 0.722. The zero-order chi connectivity index (χ0) is 18.5. The summed E-state index contributed by atoms with van der Waals surface area (Å²) in [6, 6.07) is 16.5. The van der Waals surface area contributed by atoms with E-state index in [2.05, 4.69) is 20.8 Å². The van der Waals surface area contributed by atoms with E-state index in [0.29, 0.717) is 16.5 Å². The number of nitrogens with zero attached hydrogens (tertiary/aromatic N) is 5. The number of benzene rings is 2. The molecule has 0 spiro atoms. The third-order valence-corrected chi connectivity index (χ3v) is 4.27. The van der Waals surface area contributed by atoms with Gasteiger partial charge < -0.3 is 5.32 Å². The number of rotatable bonds is 6. The Labute approximate surface area is 156 Å². The van der Waals surface area contributed by atoms with E-state index in [-0.39, 0.29) is 18.5 Å². The second-order valence-corrected chi connectivity index (χ2v) is 6.37. The van der Waals surface area contributed by atoms with Gasteiger partial charge in [0.05, 0.1) is 18.3 Å². The number of likely N-dealkylation sites (N-methyl/N-ethyl adjacent to an activating group) is 1. The molecule has 0 aliphatic rings. The van der Waals surface area contributed by atoms with Crippen molar-refractivity contribution in [2.45, 2.75) is 13.0 Å². The van der Waals surface area contributed by atoms with E-state index in [1.807, 2.05) is 49.2 Å². The van der Waals surface area contributed by atoms with E-state index in [1.54, 1.807) is 28.9 Å². The molecule has 1 unspecified atom stereocenters. The number of halogens is 1. The second-order valence-electron chi connectivity index (χ2n) is 5.93. The highest BCUT2D eigenvalue weighted by molar-refractivity contribution is 6.30. The number of carbonyl (C=O) groups is 1. The van der Waals surface area contributed by atoms with E-state index >= 15 is 0 Å². The van der Waals surface area contributed by atoms with E-state index in [1.165, 1.54) is 0 Å². The van der Waals surface area contributed by atoms with Gasteiger partial charge in [0.1, 0.15) is 0 Å². The molecule has 0 saturated carbocycles. The molecule has 1 N–H and O–H groups in total. The van der Waals surface area contributed by atoms with Gasteiger partial charge in [0, 0.05) is 10.7 Å². The van der Waals surface area contributed by atoms with Crippen LogP contribution in [-0.2, 0) is 4.79 Å². The first-order chi connectivity index (χ1) is 12.5. The third-order valence-electron chi connectivity index (χ3n) is 4.03. The SMILES string of the molecule is CC(c1nnnn1-c1ccccc1)N(C)CC(=O)Nc1cccc(Cl)c1. The lowest BCUT2D eigenvalue weighted by Gasteiger charge is -2.23. The molecule has 8 heteroatoms. The van der Waals surface area contributed by atoms with Crippen LogP contribution in [0.5, 0.6) is 0 Å². The van der Waals surface area contributed by atoms with Gasteiger partial charge in [-0.05, 0) is 54.7 Å². The molecule has 7 nitrogen and oxygen atoms in total. The first-order valence-corrected chi connectivity index (χ1v) is 8.52. The molecule has 0 saturated heterocycles. The number of amides is 1. The Bertz CT molecular complexity index is 882.